The number of anilines is 1. The van der Waals surface area contributed by atoms with E-state index in [1.165, 1.54) is 42.5 Å². The SMILES string of the molecule is O=C1NC(=O)N(c2ccc(F)cc2)C(=O)/C1=C/c1ccc(Oc2ccc(C(F)(F)F)cc2[N+](=O)[O-])cc1. The molecule has 0 bridgehead atoms. The number of benzene rings is 3. The molecule has 37 heavy (non-hydrogen) atoms. The van der Waals surface area contributed by atoms with Gasteiger partial charge in [-0.1, -0.05) is 12.1 Å². The fourth-order valence-corrected chi connectivity index (χ4v) is 3.33. The van der Waals surface area contributed by atoms with E-state index in [9.17, 15) is 42.1 Å². The van der Waals surface area contributed by atoms with Crippen molar-refractivity contribution in [1.29, 1.82) is 0 Å². The van der Waals surface area contributed by atoms with Crippen molar-refractivity contribution < 1.29 is 41.6 Å². The Labute approximate surface area is 204 Å². The number of halogens is 4. The van der Waals surface area contributed by atoms with Crippen LogP contribution < -0.4 is 15.0 Å². The Morgan fingerprint density at radius 2 is 1.59 bits per heavy atom. The molecule has 0 atom stereocenters. The molecule has 13 heteroatoms. The molecule has 4 rings (SSSR count). The standard InChI is InChI=1S/C24H13F4N3O6/c25-15-4-6-16(7-5-15)30-22(33)18(21(32)29-23(30)34)11-13-1-8-17(9-2-13)37-20-10-3-14(24(26,27)28)12-19(20)31(35)36/h1-12H,(H,29,32,34)/b18-11+. The minimum Gasteiger partial charge on any atom is -0.450 e. The Balaban J connectivity index is 1.58. The van der Waals surface area contributed by atoms with Gasteiger partial charge in [0, 0.05) is 6.07 Å². The summed E-state index contributed by atoms with van der Waals surface area (Å²) < 4.78 is 57.2. The molecule has 0 spiro atoms. The molecule has 0 radical (unpaired) electrons. The summed E-state index contributed by atoms with van der Waals surface area (Å²) in [6, 6.07) is 10.6. The summed E-state index contributed by atoms with van der Waals surface area (Å²) in [5.74, 6) is -2.92. The third kappa shape index (κ3) is 5.29. The van der Waals surface area contributed by atoms with Crippen molar-refractivity contribution in [1.82, 2.24) is 5.32 Å². The molecule has 1 heterocycles. The number of barbiturate groups is 1. The monoisotopic (exact) mass is 515 g/mol. The van der Waals surface area contributed by atoms with Crippen molar-refractivity contribution in [3.05, 3.63) is 99.4 Å². The number of nitro benzene ring substituents is 1. The van der Waals surface area contributed by atoms with Gasteiger partial charge in [-0.2, -0.15) is 13.2 Å². The van der Waals surface area contributed by atoms with Gasteiger partial charge < -0.3 is 4.74 Å². The fourth-order valence-electron chi connectivity index (χ4n) is 3.33. The zero-order valence-corrected chi connectivity index (χ0v) is 18.3. The second-order valence-corrected chi connectivity index (χ2v) is 7.54. The van der Waals surface area contributed by atoms with Crippen molar-refractivity contribution in [3.63, 3.8) is 0 Å². The summed E-state index contributed by atoms with van der Waals surface area (Å²) in [7, 11) is 0. The van der Waals surface area contributed by atoms with Gasteiger partial charge in [-0.25, -0.2) is 14.1 Å². The lowest BCUT2D eigenvalue weighted by Gasteiger charge is -2.26. The lowest BCUT2D eigenvalue weighted by Crippen LogP contribution is -2.54. The Kier molecular flexibility index (Phi) is 6.45. The van der Waals surface area contributed by atoms with Crippen molar-refractivity contribution in [2.75, 3.05) is 4.90 Å². The summed E-state index contributed by atoms with van der Waals surface area (Å²) in [6.45, 7) is 0. The highest BCUT2D eigenvalue weighted by Crippen LogP contribution is 2.38. The molecular formula is C24H13F4N3O6. The number of nitro groups is 1. The van der Waals surface area contributed by atoms with E-state index in [4.69, 9.17) is 4.74 Å². The van der Waals surface area contributed by atoms with Crippen LogP contribution in [0.3, 0.4) is 0 Å². The number of imide groups is 2. The third-order valence-corrected chi connectivity index (χ3v) is 5.09. The number of ether oxygens (including phenoxy) is 1. The van der Waals surface area contributed by atoms with Gasteiger partial charge >= 0.3 is 17.9 Å². The van der Waals surface area contributed by atoms with Crippen LogP contribution in [0.4, 0.5) is 33.7 Å². The van der Waals surface area contributed by atoms with Crippen molar-refractivity contribution in [3.8, 4) is 11.5 Å². The number of urea groups is 1. The molecule has 1 fully saturated rings. The predicted octanol–water partition coefficient (Wildman–Crippen LogP) is 5.21. The highest BCUT2D eigenvalue weighted by molar-refractivity contribution is 6.39. The highest BCUT2D eigenvalue weighted by Gasteiger charge is 2.37. The van der Waals surface area contributed by atoms with Gasteiger partial charge in [0.2, 0.25) is 5.75 Å². The maximum absolute atomic E-state index is 13.2. The number of rotatable bonds is 5. The van der Waals surface area contributed by atoms with Gasteiger partial charge in [-0.05, 0) is 60.2 Å². The number of carbonyl (C=O) groups excluding carboxylic acids is 3. The Morgan fingerprint density at radius 1 is 0.946 bits per heavy atom. The first kappa shape index (κ1) is 25.0. The minimum absolute atomic E-state index is 0.0209. The fraction of sp³-hybridized carbons (Fsp3) is 0.0417. The van der Waals surface area contributed by atoms with Gasteiger partial charge in [-0.3, -0.25) is 25.0 Å². The van der Waals surface area contributed by atoms with Crippen molar-refractivity contribution >= 4 is 35.3 Å². The maximum Gasteiger partial charge on any atom is 0.416 e. The van der Waals surface area contributed by atoms with E-state index in [0.29, 0.717) is 22.6 Å². The van der Waals surface area contributed by atoms with Crippen LogP contribution in [0.25, 0.3) is 6.08 Å². The Bertz CT molecular complexity index is 1450. The van der Waals surface area contributed by atoms with E-state index in [0.717, 1.165) is 18.2 Å². The molecule has 3 aromatic carbocycles. The molecule has 4 amide bonds. The number of hydrogen-bond donors (Lipinski definition) is 1. The van der Waals surface area contributed by atoms with Crippen LogP contribution in [0.1, 0.15) is 11.1 Å². The average Bonchev–Trinajstić information content (AvgIpc) is 2.83. The van der Waals surface area contributed by atoms with Crippen LogP contribution in [0.5, 0.6) is 11.5 Å². The van der Waals surface area contributed by atoms with Crippen LogP contribution in [-0.2, 0) is 15.8 Å². The van der Waals surface area contributed by atoms with Gasteiger partial charge in [0.15, 0.2) is 0 Å². The number of nitrogens with one attached hydrogen (secondary N) is 1. The number of hydrogen-bond acceptors (Lipinski definition) is 6. The number of amides is 4. The molecule has 1 aliphatic rings. The largest absolute Gasteiger partial charge is 0.450 e. The van der Waals surface area contributed by atoms with Gasteiger partial charge in [0.05, 0.1) is 16.2 Å². The third-order valence-electron chi connectivity index (χ3n) is 5.09. The maximum atomic E-state index is 13.2. The van der Waals surface area contributed by atoms with E-state index in [1.807, 2.05) is 5.32 Å². The van der Waals surface area contributed by atoms with E-state index < -0.39 is 57.3 Å². The van der Waals surface area contributed by atoms with E-state index in [1.54, 1.807) is 0 Å². The summed E-state index contributed by atoms with van der Waals surface area (Å²) in [5.41, 5.74) is -2.19. The summed E-state index contributed by atoms with van der Waals surface area (Å²) in [4.78, 5) is 48.2. The first-order valence-electron chi connectivity index (χ1n) is 10.2. The van der Waals surface area contributed by atoms with Gasteiger partial charge in [0.1, 0.15) is 17.1 Å². The van der Waals surface area contributed by atoms with Gasteiger partial charge in [-0.15, -0.1) is 0 Å². The summed E-state index contributed by atoms with van der Waals surface area (Å²) in [5, 5.41) is 13.2. The molecule has 1 aliphatic heterocycles. The minimum atomic E-state index is -4.78. The molecule has 0 unspecified atom stereocenters. The molecule has 0 aliphatic carbocycles. The summed E-state index contributed by atoms with van der Waals surface area (Å²) in [6.07, 6.45) is -3.61. The zero-order valence-electron chi connectivity index (χ0n) is 18.3. The second-order valence-electron chi connectivity index (χ2n) is 7.54. The van der Waals surface area contributed by atoms with Crippen LogP contribution in [-0.4, -0.2) is 22.8 Å². The Morgan fingerprint density at radius 3 is 2.19 bits per heavy atom. The first-order chi connectivity index (χ1) is 17.4. The molecule has 9 nitrogen and oxygen atoms in total. The predicted molar refractivity (Wildman–Crippen MR) is 120 cm³/mol. The van der Waals surface area contributed by atoms with E-state index in [2.05, 4.69) is 0 Å². The zero-order chi connectivity index (χ0) is 26.9. The topological polar surface area (TPSA) is 119 Å². The lowest BCUT2D eigenvalue weighted by atomic mass is 10.1. The Hall–Kier alpha value is -5.07. The average molecular weight is 515 g/mol. The van der Waals surface area contributed by atoms with Crippen LogP contribution in [0.15, 0.2) is 72.3 Å². The first-order valence-corrected chi connectivity index (χ1v) is 10.2. The summed E-state index contributed by atoms with van der Waals surface area (Å²) >= 11 is 0. The van der Waals surface area contributed by atoms with Crippen LogP contribution in [0.2, 0.25) is 0 Å². The van der Waals surface area contributed by atoms with Crippen molar-refractivity contribution in [2.24, 2.45) is 0 Å². The normalized spacial score (nSPS) is 15.1. The highest BCUT2D eigenvalue weighted by atomic mass is 19.4. The quantitative estimate of drug-likeness (QED) is 0.164. The van der Waals surface area contributed by atoms with Crippen molar-refractivity contribution in [2.45, 2.75) is 6.18 Å². The van der Waals surface area contributed by atoms with E-state index in [-0.39, 0.29) is 11.4 Å². The molecule has 1 N–H and O–H groups in total. The number of alkyl halides is 3. The molecule has 3 aromatic rings. The number of carbonyl (C=O) groups is 3. The molecular weight excluding hydrogens is 502 g/mol. The lowest BCUT2D eigenvalue weighted by molar-refractivity contribution is -0.385. The van der Waals surface area contributed by atoms with Crippen LogP contribution in [0, 0.1) is 15.9 Å². The molecule has 1 saturated heterocycles. The number of nitrogens with zero attached hydrogens (tertiary/aromatic N) is 2. The molecule has 0 saturated carbocycles. The molecule has 188 valence electrons. The van der Waals surface area contributed by atoms with Gasteiger partial charge in [0.25, 0.3) is 11.8 Å². The smallest absolute Gasteiger partial charge is 0.416 e. The van der Waals surface area contributed by atoms with E-state index >= 15 is 0 Å². The second kappa shape index (κ2) is 9.53. The molecule has 0 aromatic heterocycles. The van der Waals surface area contributed by atoms with Crippen LogP contribution >= 0.6 is 0 Å².